The number of fused-ring (bicyclic) bond motifs is 2. The molecule has 29 heavy (non-hydrogen) atoms. The van der Waals surface area contributed by atoms with Gasteiger partial charge in [0.1, 0.15) is 6.04 Å². The van der Waals surface area contributed by atoms with Gasteiger partial charge in [0.05, 0.1) is 12.5 Å². The molecule has 0 radical (unpaired) electrons. The van der Waals surface area contributed by atoms with E-state index in [4.69, 9.17) is 0 Å². The summed E-state index contributed by atoms with van der Waals surface area (Å²) in [5.74, 6) is -0.461. The Morgan fingerprint density at radius 3 is 2.66 bits per heavy atom. The van der Waals surface area contributed by atoms with Gasteiger partial charge in [-0.05, 0) is 29.2 Å². The third-order valence-electron chi connectivity index (χ3n) is 5.95. The lowest BCUT2D eigenvalue weighted by Crippen LogP contribution is -2.51. The smallest absolute Gasteiger partial charge is 0.255 e. The fourth-order valence-electron chi connectivity index (χ4n) is 4.23. The van der Waals surface area contributed by atoms with E-state index in [1.54, 1.807) is 4.90 Å². The number of para-hydroxylation sites is 1. The topological polar surface area (TPSA) is 78.5 Å². The third-order valence-corrected chi connectivity index (χ3v) is 5.95. The van der Waals surface area contributed by atoms with Crippen LogP contribution in [0.3, 0.4) is 0 Å². The van der Waals surface area contributed by atoms with Crippen LogP contribution >= 0.6 is 0 Å². The van der Waals surface area contributed by atoms with E-state index in [0.29, 0.717) is 12.1 Å². The van der Waals surface area contributed by atoms with E-state index in [2.05, 4.69) is 10.6 Å². The lowest BCUT2D eigenvalue weighted by atomic mass is 9.94. The van der Waals surface area contributed by atoms with Gasteiger partial charge in [-0.3, -0.25) is 14.4 Å². The van der Waals surface area contributed by atoms with E-state index in [-0.39, 0.29) is 30.1 Å². The Labute approximate surface area is 170 Å². The minimum absolute atomic E-state index is 0.0130. The van der Waals surface area contributed by atoms with Gasteiger partial charge in [0.2, 0.25) is 11.8 Å². The van der Waals surface area contributed by atoms with Gasteiger partial charge in [-0.15, -0.1) is 0 Å². The van der Waals surface area contributed by atoms with Crippen molar-refractivity contribution in [3.8, 4) is 0 Å². The van der Waals surface area contributed by atoms with Crippen molar-refractivity contribution in [1.29, 1.82) is 0 Å². The first-order valence-corrected chi connectivity index (χ1v) is 10.1. The Morgan fingerprint density at radius 2 is 1.90 bits per heavy atom. The van der Waals surface area contributed by atoms with Crippen molar-refractivity contribution in [2.75, 3.05) is 5.32 Å². The molecule has 0 fully saturated rings. The van der Waals surface area contributed by atoms with Crippen molar-refractivity contribution in [2.24, 2.45) is 5.92 Å². The minimum Gasteiger partial charge on any atom is -0.347 e. The molecule has 0 saturated heterocycles. The summed E-state index contributed by atoms with van der Waals surface area (Å²) in [7, 11) is 0. The number of hydrogen-bond acceptors (Lipinski definition) is 3. The maximum Gasteiger partial charge on any atom is 0.255 e. The fourth-order valence-corrected chi connectivity index (χ4v) is 4.23. The van der Waals surface area contributed by atoms with E-state index in [1.165, 1.54) is 0 Å². The van der Waals surface area contributed by atoms with Gasteiger partial charge in [0.25, 0.3) is 5.91 Å². The van der Waals surface area contributed by atoms with Crippen molar-refractivity contribution >= 4 is 23.4 Å². The predicted octanol–water partition coefficient (Wildman–Crippen LogP) is 3.26. The lowest BCUT2D eigenvalue weighted by Gasteiger charge is -2.34. The van der Waals surface area contributed by atoms with E-state index < -0.39 is 12.1 Å². The normalized spacial score (nSPS) is 19.8. The number of benzene rings is 2. The summed E-state index contributed by atoms with van der Waals surface area (Å²) in [6, 6.07) is 14.0. The highest BCUT2D eigenvalue weighted by Crippen LogP contribution is 2.32. The van der Waals surface area contributed by atoms with Crippen LogP contribution in [-0.4, -0.2) is 28.7 Å². The molecule has 6 heteroatoms. The number of nitrogens with one attached hydrogen (secondary N) is 2. The number of carbonyl (C=O) groups is 3. The second-order valence-electron chi connectivity index (χ2n) is 7.82. The van der Waals surface area contributed by atoms with Crippen LogP contribution in [0.4, 0.5) is 5.69 Å². The average molecular weight is 391 g/mol. The number of anilines is 1. The summed E-state index contributed by atoms with van der Waals surface area (Å²) >= 11 is 0. The Kier molecular flexibility index (Phi) is 5.09. The molecule has 0 aliphatic carbocycles. The Balaban J connectivity index is 1.60. The SMILES string of the molecule is CCC(C)C(C(=O)NC1CC(=O)Nc2ccccc21)N1Cc2ccccc2C1=O. The van der Waals surface area contributed by atoms with E-state index in [1.807, 2.05) is 62.4 Å². The molecule has 0 saturated carbocycles. The molecule has 6 nitrogen and oxygen atoms in total. The molecular weight excluding hydrogens is 366 g/mol. The summed E-state index contributed by atoms with van der Waals surface area (Å²) in [6.45, 7) is 4.43. The van der Waals surface area contributed by atoms with Crippen molar-refractivity contribution in [3.63, 3.8) is 0 Å². The van der Waals surface area contributed by atoms with Crippen molar-refractivity contribution in [1.82, 2.24) is 10.2 Å². The molecule has 3 unspecified atom stereocenters. The number of rotatable bonds is 5. The summed E-state index contributed by atoms with van der Waals surface area (Å²) < 4.78 is 0. The summed E-state index contributed by atoms with van der Waals surface area (Å²) in [6.07, 6.45) is 0.949. The number of hydrogen-bond donors (Lipinski definition) is 2. The molecule has 2 aliphatic heterocycles. The van der Waals surface area contributed by atoms with Crippen molar-refractivity contribution in [3.05, 3.63) is 65.2 Å². The van der Waals surface area contributed by atoms with Gasteiger partial charge in [-0.1, -0.05) is 56.7 Å². The molecule has 2 aromatic rings. The Bertz CT molecular complexity index is 971. The third kappa shape index (κ3) is 3.50. The predicted molar refractivity (Wildman–Crippen MR) is 110 cm³/mol. The highest BCUT2D eigenvalue weighted by molar-refractivity contribution is 6.01. The first-order valence-electron chi connectivity index (χ1n) is 10.1. The van der Waals surface area contributed by atoms with E-state index >= 15 is 0 Å². The van der Waals surface area contributed by atoms with Gasteiger partial charge >= 0.3 is 0 Å². The molecule has 0 bridgehead atoms. The first kappa shape index (κ1) is 19.2. The molecule has 2 aromatic carbocycles. The molecule has 3 atom stereocenters. The molecule has 4 rings (SSSR count). The zero-order chi connectivity index (χ0) is 20.5. The van der Waals surface area contributed by atoms with Crippen LogP contribution in [0, 0.1) is 5.92 Å². The number of amides is 3. The Hall–Kier alpha value is -3.15. The molecule has 0 spiro atoms. The fraction of sp³-hybridized carbons (Fsp3) is 0.348. The average Bonchev–Trinajstić information content (AvgIpc) is 3.04. The maximum atomic E-state index is 13.4. The number of carbonyl (C=O) groups excluding carboxylic acids is 3. The Morgan fingerprint density at radius 1 is 1.17 bits per heavy atom. The monoisotopic (exact) mass is 391 g/mol. The second kappa shape index (κ2) is 7.70. The molecule has 2 N–H and O–H groups in total. The van der Waals surface area contributed by atoms with E-state index in [0.717, 1.165) is 23.2 Å². The van der Waals surface area contributed by atoms with Gasteiger partial charge in [-0.2, -0.15) is 0 Å². The minimum atomic E-state index is -0.586. The van der Waals surface area contributed by atoms with Crippen molar-refractivity contribution < 1.29 is 14.4 Å². The van der Waals surface area contributed by atoms with Crippen LogP contribution < -0.4 is 10.6 Å². The zero-order valence-electron chi connectivity index (χ0n) is 16.6. The highest BCUT2D eigenvalue weighted by Gasteiger charge is 2.40. The van der Waals surface area contributed by atoms with Crippen LogP contribution in [0.1, 0.15) is 54.2 Å². The molecule has 3 amide bonds. The number of nitrogens with zero attached hydrogens (tertiary/aromatic N) is 1. The first-order chi connectivity index (χ1) is 14.0. The molecule has 2 heterocycles. The van der Waals surface area contributed by atoms with Crippen LogP contribution in [0.25, 0.3) is 0 Å². The maximum absolute atomic E-state index is 13.4. The highest BCUT2D eigenvalue weighted by atomic mass is 16.2. The summed E-state index contributed by atoms with van der Waals surface area (Å²) in [4.78, 5) is 40.1. The van der Waals surface area contributed by atoms with Gasteiger partial charge in [0, 0.05) is 17.8 Å². The lowest BCUT2D eigenvalue weighted by molar-refractivity contribution is -0.128. The summed E-state index contributed by atoms with van der Waals surface area (Å²) in [5, 5.41) is 5.90. The van der Waals surface area contributed by atoms with Crippen molar-refractivity contribution in [2.45, 2.75) is 45.3 Å². The quantitative estimate of drug-likeness (QED) is 0.821. The zero-order valence-corrected chi connectivity index (χ0v) is 16.6. The van der Waals surface area contributed by atoms with Crippen LogP contribution in [0.15, 0.2) is 48.5 Å². The molecule has 2 aliphatic rings. The largest absolute Gasteiger partial charge is 0.347 e. The molecule has 150 valence electrons. The van der Waals surface area contributed by atoms with Gasteiger partial charge < -0.3 is 15.5 Å². The summed E-state index contributed by atoms with van der Waals surface area (Å²) in [5.41, 5.74) is 3.22. The molecular formula is C23H25N3O3. The van der Waals surface area contributed by atoms with Gasteiger partial charge in [-0.25, -0.2) is 0 Å². The van der Waals surface area contributed by atoms with Crippen LogP contribution in [0.2, 0.25) is 0 Å². The standard InChI is InChI=1S/C23H25N3O3/c1-3-14(2)21(26-13-15-8-4-5-9-16(15)23(26)29)22(28)25-19-12-20(27)24-18-11-7-6-10-17(18)19/h4-11,14,19,21H,3,12-13H2,1-2H3,(H,24,27)(H,25,28). The van der Waals surface area contributed by atoms with Crippen LogP contribution in [-0.2, 0) is 16.1 Å². The van der Waals surface area contributed by atoms with Crippen LogP contribution in [0.5, 0.6) is 0 Å². The van der Waals surface area contributed by atoms with Gasteiger partial charge in [0.15, 0.2) is 0 Å². The molecule has 0 aromatic heterocycles. The second-order valence-corrected chi connectivity index (χ2v) is 7.82. The van der Waals surface area contributed by atoms with E-state index in [9.17, 15) is 14.4 Å².